The van der Waals surface area contributed by atoms with Crippen LogP contribution in [0.4, 0.5) is 0 Å². The predicted molar refractivity (Wildman–Crippen MR) is 57.5 cm³/mol. The Balaban J connectivity index is 2.42. The zero-order chi connectivity index (χ0) is 11.1. The minimum Gasteiger partial charge on any atom is -0.486 e. The summed E-state index contributed by atoms with van der Waals surface area (Å²) >= 11 is 0. The van der Waals surface area contributed by atoms with Crippen molar-refractivity contribution in [1.82, 2.24) is 0 Å². The molecule has 1 aliphatic heterocycles. The van der Waals surface area contributed by atoms with Crippen molar-refractivity contribution in [2.24, 2.45) is 5.73 Å². The van der Waals surface area contributed by atoms with Crippen molar-refractivity contribution in [2.45, 2.75) is 31.9 Å². The molecule has 0 fully saturated rings. The maximum absolute atomic E-state index is 8.79. The van der Waals surface area contributed by atoms with E-state index in [0.717, 1.165) is 17.7 Å². The zero-order valence-corrected chi connectivity index (χ0v) is 8.95. The molecule has 0 saturated heterocycles. The van der Waals surface area contributed by atoms with Gasteiger partial charge in [-0.1, -0.05) is 0 Å². The molecular formula is C12H14N2O. The molecule has 0 spiro atoms. The van der Waals surface area contributed by atoms with Crippen LogP contribution in [0.25, 0.3) is 0 Å². The van der Waals surface area contributed by atoms with Crippen molar-refractivity contribution in [3.8, 4) is 11.8 Å². The second-order valence-corrected chi connectivity index (χ2v) is 4.45. The topological polar surface area (TPSA) is 59.0 Å². The molecule has 0 saturated carbocycles. The van der Waals surface area contributed by atoms with Crippen LogP contribution in [-0.4, -0.2) is 11.6 Å². The fourth-order valence-corrected chi connectivity index (χ4v) is 1.75. The smallest absolute Gasteiger partial charge is 0.123 e. The third-order valence-electron chi connectivity index (χ3n) is 2.90. The quantitative estimate of drug-likeness (QED) is 0.695. The van der Waals surface area contributed by atoms with E-state index in [4.69, 9.17) is 15.7 Å². The van der Waals surface area contributed by atoms with E-state index in [9.17, 15) is 0 Å². The number of hydrogen-bond donors (Lipinski definition) is 1. The summed E-state index contributed by atoms with van der Waals surface area (Å²) in [5, 5.41) is 8.79. The summed E-state index contributed by atoms with van der Waals surface area (Å²) < 4.78 is 5.80. The van der Waals surface area contributed by atoms with Crippen molar-refractivity contribution in [3.05, 3.63) is 29.3 Å². The van der Waals surface area contributed by atoms with Crippen LogP contribution in [-0.2, 0) is 6.42 Å². The zero-order valence-electron chi connectivity index (χ0n) is 8.95. The first-order valence-electron chi connectivity index (χ1n) is 5.00. The lowest BCUT2D eigenvalue weighted by molar-refractivity contribution is 0.0640. The van der Waals surface area contributed by atoms with Gasteiger partial charge in [-0.05, 0) is 44.0 Å². The minimum absolute atomic E-state index is 0.0288. The average Bonchev–Trinajstić information content (AvgIpc) is 2.19. The third-order valence-corrected chi connectivity index (χ3v) is 2.90. The summed E-state index contributed by atoms with van der Waals surface area (Å²) in [4.78, 5) is 0. The van der Waals surface area contributed by atoms with Crippen LogP contribution in [0.2, 0.25) is 0 Å². The van der Waals surface area contributed by atoms with Gasteiger partial charge in [0.15, 0.2) is 0 Å². The van der Waals surface area contributed by atoms with Gasteiger partial charge in [-0.3, -0.25) is 0 Å². The number of nitriles is 1. The fraction of sp³-hybridized carbons (Fsp3) is 0.417. The Bertz CT molecular complexity index is 432. The fourth-order valence-electron chi connectivity index (χ4n) is 1.75. The van der Waals surface area contributed by atoms with Gasteiger partial charge in [0.25, 0.3) is 0 Å². The van der Waals surface area contributed by atoms with E-state index < -0.39 is 0 Å². The molecule has 0 bridgehead atoms. The monoisotopic (exact) mass is 202 g/mol. The summed E-state index contributed by atoms with van der Waals surface area (Å²) in [6.07, 6.45) is 0.762. The average molecular weight is 202 g/mol. The molecule has 1 aromatic rings. The Morgan fingerprint density at radius 3 is 2.93 bits per heavy atom. The highest BCUT2D eigenvalue weighted by molar-refractivity contribution is 5.44. The van der Waals surface area contributed by atoms with Crippen LogP contribution in [0.15, 0.2) is 18.2 Å². The molecule has 1 aromatic carbocycles. The van der Waals surface area contributed by atoms with Crippen molar-refractivity contribution < 1.29 is 4.74 Å². The van der Waals surface area contributed by atoms with Crippen LogP contribution < -0.4 is 10.5 Å². The minimum atomic E-state index is -0.332. The molecule has 1 unspecified atom stereocenters. The summed E-state index contributed by atoms with van der Waals surface area (Å²) in [6, 6.07) is 7.56. The van der Waals surface area contributed by atoms with Crippen molar-refractivity contribution in [3.63, 3.8) is 0 Å². The molecule has 15 heavy (non-hydrogen) atoms. The first kappa shape index (κ1) is 10.0. The Morgan fingerprint density at radius 2 is 2.27 bits per heavy atom. The lowest BCUT2D eigenvalue weighted by Crippen LogP contribution is -2.51. The Morgan fingerprint density at radius 1 is 1.53 bits per heavy atom. The molecule has 1 heterocycles. The molecule has 2 N–H and O–H groups in total. The third kappa shape index (κ3) is 1.69. The number of rotatable bonds is 0. The lowest BCUT2D eigenvalue weighted by Gasteiger charge is -2.37. The molecule has 0 amide bonds. The normalized spacial score (nSPS) is 22.4. The number of nitrogens with zero attached hydrogens (tertiary/aromatic N) is 1. The van der Waals surface area contributed by atoms with E-state index in [0.29, 0.717) is 5.56 Å². The SMILES string of the molecule is CC1(C)Oc2ccc(C#N)cc2CC1N. The highest BCUT2D eigenvalue weighted by atomic mass is 16.5. The van der Waals surface area contributed by atoms with Gasteiger partial charge in [-0.2, -0.15) is 5.26 Å². The summed E-state index contributed by atoms with van der Waals surface area (Å²) in [7, 11) is 0. The maximum atomic E-state index is 8.79. The van der Waals surface area contributed by atoms with E-state index in [1.54, 1.807) is 6.07 Å². The molecule has 0 aliphatic carbocycles. The van der Waals surface area contributed by atoms with Crippen LogP contribution in [0.1, 0.15) is 25.0 Å². The van der Waals surface area contributed by atoms with E-state index in [1.165, 1.54) is 0 Å². The lowest BCUT2D eigenvalue weighted by atomic mass is 9.89. The van der Waals surface area contributed by atoms with Crippen molar-refractivity contribution in [1.29, 1.82) is 5.26 Å². The van der Waals surface area contributed by atoms with E-state index >= 15 is 0 Å². The van der Waals surface area contributed by atoms with Gasteiger partial charge in [0.2, 0.25) is 0 Å². The Hall–Kier alpha value is -1.53. The molecule has 78 valence electrons. The van der Waals surface area contributed by atoms with Crippen LogP contribution in [0, 0.1) is 11.3 Å². The molecular weight excluding hydrogens is 188 g/mol. The number of benzene rings is 1. The van der Waals surface area contributed by atoms with Gasteiger partial charge in [-0.15, -0.1) is 0 Å². The highest BCUT2D eigenvalue weighted by Crippen LogP contribution is 2.32. The standard InChI is InChI=1S/C12H14N2O/c1-12(2)11(14)6-9-5-8(7-13)3-4-10(9)15-12/h3-5,11H,6,14H2,1-2H3. The van der Waals surface area contributed by atoms with Crippen molar-refractivity contribution in [2.75, 3.05) is 0 Å². The molecule has 1 atom stereocenters. The summed E-state index contributed by atoms with van der Waals surface area (Å²) in [5.74, 6) is 0.848. The maximum Gasteiger partial charge on any atom is 0.123 e. The van der Waals surface area contributed by atoms with Crippen LogP contribution in [0.3, 0.4) is 0 Å². The van der Waals surface area contributed by atoms with Gasteiger partial charge < -0.3 is 10.5 Å². The first-order chi connectivity index (χ1) is 7.03. The van der Waals surface area contributed by atoms with E-state index in [2.05, 4.69) is 6.07 Å². The first-order valence-corrected chi connectivity index (χ1v) is 5.00. The largest absolute Gasteiger partial charge is 0.486 e. The van der Waals surface area contributed by atoms with Gasteiger partial charge >= 0.3 is 0 Å². The number of ether oxygens (including phenoxy) is 1. The van der Waals surface area contributed by atoms with Crippen molar-refractivity contribution >= 4 is 0 Å². The molecule has 0 aromatic heterocycles. The van der Waals surface area contributed by atoms with Gasteiger partial charge in [-0.25, -0.2) is 0 Å². The Labute approximate surface area is 89.5 Å². The molecule has 3 heteroatoms. The summed E-state index contributed by atoms with van der Waals surface area (Å²) in [5.41, 5.74) is 7.36. The molecule has 1 aliphatic rings. The van der Waals surface area contributed by atoms with Crippen LogP contribution in [0.5, 0.6) is 5.75 Å². The van der Waals surface area contributed by atoms with Gasteiger partial charge in [0.05, 0.1) is 11.6 Å². The Kier molecular flexibility index (Phi) is 2.17. The molecule has 2 rings (SSSR count). The number of hydrogen-bond acceptors (Lipinski definition) is 3. The second kappa shape index (κ2) is 3.25. The van der Waals surface area contributed by atoms with Gasteiger partial charge in [0, 0.05) is 6.04 Å². The summed E-state index contributed by atoms with van der Waals surface area (Å²) in [6.45, 7) is 3.97. The molecule has 0 radical (unpaired) electrons. The highest BCUT2D eigenvalue weighted by Gasteiger charge is 2.34. The number of fused-ring (bicyclic) bond motifs is 1. The van der Waals surface area contributed by atoms with E-state index in [-0.39, 0.29) is 11.6 Å². The van der Waals surface area contributed by atoms with E-state index in [1.807, 2.05) is 26.0 Å². The number of nitrogens with two attached hydrogens (primary N) is 1. The second-order valence-electron chi connectivity index (χ2n) is 4.45. The van der Waals surface area contributed by atoms with Crippen LogP contribution >= 0.6 is 0 Å². The van der Waals surface area contributed by atoms with Gasteiger partial charge in [0.1, 0.15) is 11.4 Å². The molecule has 3 nitrogen and oxygen atoms in total. The predicted octanol–water partition coefficient (Wildman–Crippen LogP) is 1.60.